The van der Waals surface area contributed by atoms with E-state index in [9.17, 15) is 4.79 Å². The number of nitrogens with one attached hydrogen (secondary N) is 2. The second-order valence-corrected chi connectivity index (χ2v) is 7.20. The molecule has 0 radical (unpaired) electrons. The van der Waals surface area contributed by atoms with E-state index < -0.39 is 5.54 Å². The third-order valence-electron chi connectivity index (χ3n) is 4.15. The fraction of sp³-hybridized carbons (Fsp3) is 0.333. The fourth-order valence-electron chi connectivity index (χ4n) is 2.51. The van der Waals surface area contributed by atoms with E-state index in [1.54, 1.807) is 40.8 Å². The molecule has 136 valence electrons. The Labute approximate surface area is 156 Å². The first kappa shape index (κ1) is 18.1. The average Bonchev–Trinajstić information content (AvgIpc) is 3.25. The Morgan fingerprint density at radius 2 is 2.23 bits per heavy atom. The van der Waals surface area contributed by atoms with Crippen molar-refractivity contribution in [2.24, 2.45) is 0 Å². The summed E-state index contributed by atoms with van der Waals surface area (Å²) in [4.78, 5) is 21.1. The van der Waals surface area contributed by atoms with Crippen molar-refractivity contribution in [1.82, 2.24) is 25.1 Å². The molecule has 0 saturated carbocycles. The molecule has 3 aromatic heterocycles. The lowest BCUT2D eigenvalue weighted by Crippen LogP contribution is -2.45. The number of hydrogen-bond donors (Lipinski definition) is 2. The van der Waals surface area contributed by atoms with Crippen molar-refractivity contribution in [1.29, 1.82) is 0 Å². The molecule has 0 aliphatic carbocycles. The normalized spacial score (nSPS) is 13.2. The predicted octanol–water partition coefficient (Wildman–Crippen LogP) is 3.54. The molecular formula is C18H22N6OS. The number of urea groups is 1. The van der Waals surface area contributed by atoms with Crippen molar-refractivity contribution in [2.45, 2.75) is 39.3 Å². The first-order chi connectivity index (χ1) is 12.5. The van der Waals surface area contributed by atoms with Crippen LogP contribution in [-0.2, 0) is 12.1 Å². The van der Waals surface area contributed by atoms with Gasteiger partial charge in [-0.25, -0.2) is 9.78 Å². The lowest BCUT2D eigenvalue weighted by atomic mass is 10.0. The zero-order valence-electron chi connectivity index (χ0n) is 15.1. The summed E-state index contributed by atoms with van der Waals surface area (Å²) in [5.74, 6) is 0. The number of aromatic nitrogens is 4. The van der Waals surface area contributed by atoms with Crippen molar-refractivity contribution in [3.63, 3.8) is 0 Å². The first-order valence-electron chi connectivity index (χ1n) is 8.41. The van der Waals surface area contributed by atoms with Crippen molar-refractivity contribution in [3.8, 4) is 0 Å². The summed E-state index contributed by atoms with van der Waals surface area (Å²) in [6, 6.07) is 3.59. The second-order valence-electron chi connectivity index (χ2n) is 6.35. The summed E-state index contributed by atoms with van der Waals surface area (Å²) in [6.45, 7) is 6.56. The van der Waals surface area contributed by atoms with E-state index in [0.29, 0.717) is 12.2 Å². The van der Waals surface area contributed by atoms with Crippen molar-refractivity contribution in [2.75, 3.05) is 5.32 Å². The highest BCUT2D eigenvalue weighted by Gasteiger charge is 2.29. The van der Waals surface area contributed by atoms with Crippen LogP contribution in [0.1, 0.15) is 36.5 Å². The summed E-state index contributed by atoms with van der Waals surface area (Å²) in [5, 5.41) is 13.0. The van der Waals surface area contributed by atoms with Gasteiger partial charge in [-0.3, -0.25) is 9.67 Å². The molecule has 1 atom stereocenters. The highest BCUT2D eigenvalue weighted by atomic mass is 32.1. The Hall–Kier alpha value is -2.74. The molecule has 1 unspecified atom stereocenters. The Morgan fingerprint density at radius 1 is 1.38 bits per heavy atom. The highest BCUT2D eigenvalue weighted by Crippen LogP contribution is 2.27. The van der Waals surface area contributed by atoms with Gasteiger partial charge in [0.1, 0.15) is 5.01 Å². The summed E-state index contributed by atoms with van der Waals surface area (Å²) in [7, 11) is 0. The SMILES string of the molecule is CCC(C)(NC(=O)Nc1cnn(Cc2cccnc2)c1)c1nc(C)cs1. The van der Waals surface area contributed by atoms with Crippen molar-refractivity contribution in [3.05, 3.63) is 58.6 Å². The summed E-state index contributed by atoms with van der Waals surface area (Å²) in [6.07, 6.45) is 7.70. The van der Waals surface area contributed by atoms with Gasteiger partial charge in [0, 0.05) is 29.7 Å². The number of pyridine rings is 1. The molecule has 7 nitrogen and oxygen atoms in total. The molecular weight excluding hydrogens is 348 g/mol. The number of nitrogens with zero attached hydrogens (tertiary/aromatic N) is 4. The Morgan fingerprint density at radius 3 is 2.88 bits per heavy atom. The van der Waals surface area contributed by atoms with Gasteiger partial charge in [0.05, 0.1) is 24.0 Å². The molecule has 0 aliphatic rings. The molecule has 8 heteroatoms. The van der Waals surface area contributed by atoms with Crippen LogP contribution in [0.3, 0.4) is 0 Å². The second kappa shape index (κ2) is 7.65. The summed E-state index contributed by atoms with van der Waals surface area (Å²) < 4.78 is 1.76. The lowest BCUT2D eigenvalue weighted by Gasteiger charge is -2.27. The molecule has 0 fully saturated rings. The molecule has 2 N–H and O–H groups in total. The monoisotopic (exact) mass is 370 g/mol. The van der Waals surface area contributed by atoms with Gasteiger partial charge in [0.15, 0.2) is 0 Å². The molecule has 3 heterocycles. The Kier molecular flexibility index (Phi) is 5.32. The van der Waals surface area contributed by atoms with E-state index in [0.717, 1.165) is 22.7 Å². The van der Waals surface area contributed by atoms with Crippen LogP contribution in [0.5, 0.6) is 0 Å². The van der Waals surface area contributed by atoms with Gasteiger partial charge in [-0.15, -0.1) is 11.3 Å². The Bertz CT molecular complexity index is 875. The Balaban J connectivity index is 1.63. The van der Waals surface area contributed by atoms with Crippen LogP contribution in [0.15, 0.2) is 42.3 Å². The largest absolute Gasteiger partial charge is 0.326 e. The highest BCUT2D eigenvalue weighted by molar-refractivity contribution is 7.09. The van der Waals surface area contributed by atoms with Gasteiger partial charge in [0.25, 0.3) is 0 Å². The van der Waals surface area contributed by atoms with E-state index in [2.05, 4.69) is 25.7 Å². The van der Waals surface area contributed by atoms with Gasteiger partial charge in [-0.05, 0) is 31.9 Å². The maximum Gasteiger partial charge on any atom is 0.320 e. The van der Waals surface area contributed by atoms with E-state index in [-0.39, 0.29) is 6.03 Å². The molecule has 3 rings (SSSR count). The molecule has 0 bridgehead atoms. The molecule has 0 aliphatic heterocycles. The van der Waals surface area contributed by atoms with E-state index >= 15 is 0 Å². The standard InChI is InChI=1S/C18H22N6OS/c1-4-18(3,16-21-13(2)12-26-16)23-17(25)22-15-9-20-24(11-15)10-14-6-5-7-19-8-14/h5-9,11-12H,4,10H2,1-3H3,(H2,22,23,25). The van der Waals surface area contributed by atoms with Crippen LogP contribution < -0.4 is 10.6 Å². The predicted molar refractivity (Wildman–Crippen MR) is 102 cm³/mol. The molecule has 3 aromatic rings. The molecule has 0 spiro atoms. The molecule has 2 amide bonds. The summed E-state index contributed by atoms with van der Waals surface area (Å²) >= 11 is 1.56. The smallest absolute Gasteiger partial charge is 0.320 e. The minimum Gasteiger partial charge on any atom is -0.326 e. The van der Waals surface area contributed by atoms with E-state index in [1.807, 2.05) is 38.3 Å². The summed E-state index contributed by atoms with van der Waals surface area (Å²) in [5.41, 5.74) is 2.14. The quantitative estimate of drug-likeness (QED) is 0.695. The maximum absolute atomic E-state index is 12.4. The molecule has 0 saturated heterocycles. The fourth-order valence-corrected chi connectivity index (χ4v) is 3.49. The number of rotatable bonds is 6. The van der Waals surface area contributed by atoms with Crippen LogP contribution in [-0.4, -0.2) is 25.8 Å². The number of amides is 2. The van der Waals surface area contributed by atoms with Crippen LogP contribution in [0.25, 0.3) is 0 Å². The maximum atomic E-state index is 12.4. The zero-order valence-corrected chi connectivity index (χ0v) is 15.9. The number of carbonyl (C=O) groups is 1. The topological polar surface area (TPSA) is 84.7 Å². The zero-order chi connectivity index (χ0) is 18.6. The van der Waals surface area contributed by atoms with Crippen molar-refractivity contribution >= 4 is 23.1 Å². The van der Waals surface area contributed by atoms with Gasteiger partial charge in [0.2, 0.25) is 0 Å². The number of carbonyl (C=O) groups excluding carboxylic acids is 1. The van der Waals surface area contributed by atoms with Crippen LogP contribution in [0.4, 0.5) is 10.5 Å². The van der Waals surface area contributed by atoms with Gasteiger partial charge >= 0.3 is 6.03 Å². The average molecular weight is 370 g/mol. The third kappa shape index (κ3) is 4.26. The number of anilines is 1. The molecule has 26 heavy (non-hydrogen) atoms. The van der Waals surface area contributed by atoms with E-state index in [1.165, 1.54) is 0 Å². The minimum atomic E-state index is -0.505. The number of aryl methyl sites for hydroxylation is 1. The lowest BCUT2D eigenvalue weighted by molar-refractivity contribution is 0.237. The van der Waals surface area contributed by atoms with Crippen LogP contribution in [0, 0.1) is 6.92 Å². The minimum absolute atomic E-state index is 0.275. The van der Waals surface area contributed by atoms with Gasteiger partial charge in [-0.2, -0.15) is 5.10 Å². The van der Waals surface area contributed by atoms with Crippen LogP contribution >= 0.6 is 11.3 Å². The van der Waals surface area contributed by atoms with E-state index in [4.69, 9.17) is 0 Å². The first-order valence-corrected chi connectivity index (χ1v) is 9.29. The van der Waals surface area contributed by atoms with Crippen molar-refractivity contribution < 1.29 is 4.79 Å². The third-order valence-corrected chi connectivity index (χ3v) is 5.37. The van der Waals surface area contributed by atoms with Crippen LogP contribution in [0.2, 0.25) is 0 Å². The van der Waals surface area contributed by atoms with Gasteiger partial charge < -0.3 is 10.6 Å². The van der Waals surface area contributed by atoms with Gasteiger partial charge in [-0.1, -0.05) is 13.0 Å². The number of hydrogen-bond acceptors (Lipinski definition) is 5. The number of thiazole rings is 1. The molecule has 0 aromatic carbocycles.